The van der Waals surface area contributed by atoms with Crippen LogP contribution in [0.5, 0.6) is 0 Å². The number of benzene rings is 1. The summed E-state index contributed by atoms with van der Waals surface area (Å²) in [4.78, 5) is 6.79. The molecule has 0 bridgehead atoms. The van der Waals surface area contributed by atoms with Gasteiger partial charge in [0.05, 0.1) is 12.6 Å². The Labute approximate surface area is 139 Å². The van der Waals surface area contributed by atoms with Crippen LogP contribution in [-0.2, 0) is 13.0 Å². The largest absolute Gasteiger partial charge is 0.390 e. The minimum Gasteiger partial charge on any atom is -0.390 e. The van der Waals surface area contributed by atoms with Gasteiger partial charge < -0.3 is 15.7 Å². The van der Waals surface area contributed by atoms with Crippen molar-refractivity contribution in [2.45, 2.75) is 45.9 Å². The molecule has 5 nitrogen and oxygen atoms in total. The summed E-state index contributed by atoms with van der Waals surface area (Å²) in [5.74, 6) is 0.769. The lowest BCUT2D eigenvalue weighted by Gasteiger charge is -2.30. The van der Waals surface area contributed by atoms with Gasteiger partial charge in [-0.3, -0.25) is 9.89 Å². The highest BCUT2D eigenvalue weighted by Gasteiger charge is 2.18. The number of hydrogen-bond donors (Lipinski definition) is 3. The molecule has 0 aliphatic carbocycles. The van der Waals surface area contributed by atoms with Gasteiger partial charge in [0.15, 0.2) is 5.96 Å². The summed E-state index contributed by atoms with van der Waals surface area (Å²) >= 11 is 0. The van der Waals surface area contributed by atoms with Gasteiger partial charge in [0.25, 0.3) is 0 Å². The Hall–Kier alpha value is -1.59. The number of fused-ring (bicyclic) bond motifs is 1. The molecule has 1 atom stereocenters. The summed E-state index contributed by atoms with van der Waals surface area (Å²) in [6.45, 7) is 10.0. The second-order valence-electron chi connectivity index (χ2n) is 6.43. The first-order chi connectivity index (χ1) is 11.1. The summed E-state index contributed by atoms with van der Waals surface area (Å²) in [6.07, 6.45) is 0.617. The molecule has 2 rings (SSSR count). The Morgan fingerprint density at radius 3 is 2.74 bits per heavy atom. The fourth-order valence-electron chi connectivity index (χ4n) is 2.86. The third kappa shape index (κ3) is 5.84. The Balaban J connectivity index is 1.83. The fraction of sp³-hybridized carbons (Fsp3) is 0.611. The predicted molar refractivity (Wildman–Crippen MR) is 95.7 cm³/mol. The molecule has 0 spiro atoms. The van der Waals surface area contributed by atoms with E-state index in [9.17, 15) is 5.11 Å². The number of aliphatic hydroxyl groups is 1. The molecule has 1 aliphatic rings. The van der Waals surface area contributed by atoms with Crippen molar-refractivity contribution in [3.63, 3.8) is 0 Å². The van der Waals surface area contributed by atoms with Gasteiger partial charge in [-0.15, -0.1) is 0 Å². The fourth-order valence-corrected chi connectivity index (χ4v) is 2.86. The van der Waals surface area contributed by atoms with Crippen molar-refractivity contribution in [3.05, 3.63) is 35.4 Å². The van der Waals surface area contributed by atoms with Crippen LogP contribution in [0.3, 0.4) is 0 Å². The highest BCUT2D eigenvalue weighted by Crippen LogP contribution is 2.18. The van der Waals surface area contributed by atoms with E-state index in [1.165, 1.54) is 11.1 Å². The lowest BCUT2D eigenvalue weighted by Crippen LogP contribution is -2.42. The van der Waals surface area contributed by atoms with Crippen LogP contribution in [0, 0.1) is 0 Å². The van der Waals surface area contributed by atoms with Crippen molar-refractivity contribution in [2.75, 3.05) is 26.2 Å². The number of guanidine groups is 1. The predicted octanol–water partition coefficient (Wildman–Crippen LogP) is 1.37. The molecule has 0 saturated carbocycles. The Morgan fingerprint density at radius 1 is 1.30 bits per heavy atom. The van der Waals surface area contributed by atoms with Gasteiger partial charge in [-0.05, 0) is 38.3 Å². The van der Waals surface area contributed by atoms with Crippen LogP contribution in [0.25, 0.3) is 0 Å². The van der Waals surface area contributed by atoms with Crippen molar-refractivity contribution >= 4 is 5.96 Å². The summed E-state index contributed by atoms with van der Waals surface area (Å²) < 4.78 is 0. The van der Waals surface area contributed by atoms with Gasteiger partial charge in [0.1, 0.15) is 0 Å². The van der Waals surface area contributed by atoms with Gasteiger partial charge in [-0.1, -0.05) is 24.3 Å². The van der Waals surface area contributed by atoms with E-state index in [1.807, 2.05) is 6.92 Å². The van der Waals surface area contributed by atoms with E-state index in [4.69, 9.17) is 0 Å². The second kappa shape index (κ2) is 8.89. The number of rotatable bonds is 6. The Morgan fingerprint density at radius 2 is 2.04 bits per heavy atom. The average molecular weight is 318 g/mol. The molecule has 0 amide bonds. The lowest BCUT2D eigenvalue weighted by atomic mass is 10.00. The maximum atomic E-state index is 10.3. The molecule has 0 saturated heterocycles. The highest BCUT2D eigenvalue weighted by molar-refractivity contribution is 5.79. The molecular weight excluding hydrogens is 288 g/mol. The zero-order valence-electron chi connectivity index (χ0n) is 14.5. The Bertz CT molecular complexity index is 515. The van der Waals surface area contributed by atoms with E-state index in [1.54, 1.807) is 0 Å². The minimum atomic E-state index is -0.442. The van der Waals surface area contributed by atoms with Gasteiger partial charge in [0, 0.05) is 32.2 Å². The van der Waals surface area contributed by atoms with Crippen LogP contribution in [0.2, 0.25) is 0 Å². The third-order valence-corrected chi connectivity index (χ3v) is 3.91. The number of aliphatic hydroxyl groups excluding tert-OH is 1. The number of nitrogens with zero attached hydrogens (tertiary/aromatic N) is 2. The Kier molecular flexibility index (Phi) is 6.86. The van der Waals surface area contributed by atoms with Gasteiger partial charge >= 0.3 is 0 Å². The first kappa shape index (κ1) is 17.8. The number of hydrogen-bond acceptors (Lipinski definition) is 3. The van der Waals surface area contributed by atoms with Gasteiger partial charge in [-0.25, -0.2) is 0 Å². The molecule has 3 N–H and O–H groups in total. The molecule has 1 aromatic carbocycles. The van der Waals surface area contributed by atoms with Crippen LogP contribution < -0.4 is 10.6 Å². The minimum absolute atomic E-state index is 0.323. The van der Waals surface area contributed by atoms with Gasteiger partial charge in [0.2, 0.25) is 0 Å². The van der Waals surface area contributed by atoms with E-state index >= 15 is 0 Å². The molecule has 0 radical (unpaired) electrons. The van der Waals surface area contributed by atoms with E-state index in [0.717, 1.165) is 32.0 Å². The molecule has 128 valence electrons. The van der Waals surface area contributed by atoms with Crippen molar-refractivity contribution in [1.29, 1.82) is 0 Å². The molecule has 1 heterocycles. The quantitative estimate of drug-likeness (QED) is 0.548. The lowest BCUT2D eigenvalue weighted by molar-refractivity contribution is 0.111. The van der Waals surface area contributed by atoms with E-state index in [-0.39, 0.29) is 0 Å². The summed E-state index contributed by atoms with van der Waals surface area (Å²) in [7, 11) is 0. The molecule has 5 heteroatoms. The van der Waals surface area contributed by atoms with Crippen molar-refractivity contribution in [3.8, 4) is 0 Å². The van der Waals surface area contributed by atoms with E-state index < -0.39 is 6.10 Å². The summed E-state index contributed by atoms with van der Waals surface area (Å²) in [5, 5.41) is 16.8. The first-order valence-corrected chi connectivity index (χ1v) is 8.60. The first-order valence-electron chi connectivity index (χ1n) is 8.60. The summed E-state index contributed by atoms with van der Waals surface area (Å²) in [6, 6.07) is 8.89. The average Bonchev–Trinajstić information content (AvgIpc) is 2.52. The van der Waals surface area contributed by atoms with Crippen LogP contribution in [0.15, 0.2) is 29.3 Å². The van der Waals surface area contributed by atoms with Crippen molar-refractivity contribution in [2.24, 2.45) is 4.99 Å². The van der Waals surface area contributed by atoms with Crippen LogP contribution in [-0.4, -0.2) is 54.3 Å². The van der Waals surface area contributed by atoms with Crippen LogP contribution in [0.4, 0.5) is 0 Å². The molecule has 1 aliphatic heterocycles. The molecule has 0 aromatic heterocycles. The highest BCUT2D eigenvalue weighted by atomic mass is 16.3. The molecule has 23 heavy (non-hydrogen) atoms. The normalized spacial score (nSPS) is 17.0. The summed E-state index contributed by atoms with van der Waals surface area (Å²) in [5.41, 5.74) is 2.82. The molecule has 1 unspecified atom stereocenters. The maximum absolute atomic E-state index is 10.3. The van der Waals surface area contributed by atoms with Gasteiger partial charge in [-0.2, -0.15) is 0 Å². The van der Waals surface area contributed by atoms with E-state index in [2.05, 4.69) is 58.6 Å². The van der Waals surface area contributed by atoms with E-state index in [0.29, 0.717) is 19.1 Å². The smallest absolute Gasteiger partial charge is 0.191 e. The molecule has 1 aromatic rings. The monoisotopic (exact) mass is 318 g/mol. The standard InChI is InChI=1S/C18H30N4O/c1-4-19-18(21-14(2)3)20-11-17(23)13-22-10-9-15-7-5-6-8-16(15)12-22/h5-8,14,17,23H,4,9-13H2,1-3H3,(H2,19,20,21). The van der Waals surface area contributed by atoms with Crippen LogP contribution in [0.1, 0.15) is 31.9 Å². The maximum Gasteiger partial charge on any atom is 0.191 e. The molecule has 0 fully saturated rings. The SMILES string of the molecule is CCNC(=NCC(O)CN1CCc2ccccc2C1)NC(C)C. The van der Waals surface area contributed by atoms with Crippen molar-refractivity contribution in [1.82, 2.24) is 15.5 Å². The number of nitrogens with one attached hydrogen (secondary N) is 2. The number of aliphatic imine (C=N–C) groups is 1. The second-order valence-corrected chi connectivity index (χ2v) is 6.43. The van der Waals surface area contributed by atoms with Crippen molar-refractivity contribution < 1.29 is 5.11 Å². The topological polar surface area (TPSA) is 59.9 Å². The zero-order valence-corrected chi connectivity index (χ0v) is 14.5. The zero-order chi connectivity index (χ0) is 16.7. The third-order valence-electron chi connectivity index (χ3n) is 3.91. The van der Waals surface area contributed by atoms with Crippen LogP contribution >= 0.6 is 0 Å². The molecular formula is C18H30N4O. The number of β-amino-alcohol motifs (C(OH)–C–C–N with tert-alkyl or cyclic N) is 1.